The minimum atomic E-state index is -3.65. The van der Waals surface area contributed by atoms with E-state index in [9.17, 15) is 8.42 Å². The number of rotatable bonds is 4. The van der Waals surface area contributed by atoms with Gasteiger partial charge in [0.2, 0.25) is 10.0 Å². The minimum absolute atomic E-state index is 0.0655. The van der Waals surface area contributed by atoms with E-state index in [1.54, 1.807) is 31.2 Å². The molecule has 1 aromatic heterocycles. The molecule has 0 saturated heterocycles. The van der Waals surface area contributed by atoms with Crippen LogP contribution in [0.4, 0.5) is 0 Å². The van der Waals surface area contributed by atoms with Crippen molar-refractivity contribution in [3.05, 3.63) is 58.3 Å². The van der Waals surface area contributed by atoms with E-state index in [0.29, 0.717) is 5.02 Å². The van der Waals surface area contributed by atoms with Crippen LogP contribution in [0.3, 0.4) is 0 Å². The topological polar surface area (TPSA) is 59.1 Å². The third kappa shape index (κ3) is 3.70. The summed E-state index contributed by atoms with van der Waals surface area (Å²) in [6.45, 7) is 1.74. The molecule has 20 heavy (non-hydrogen) atoms. The maximum absolute atomic E-state index is 12.2. The first-order valence-electron chi connectivity index (χ1n) is 5.78. The fraction of sp³-hybridized carbons (Fsp3) is 0.154. The van der Waals surface area contributed by atoms with E-state index in [1.807, 2.05) is 0 Å². The molecule has 0 bridgehead atoms. The summed E-state index contributed by atoms with van der Waals surface area (Å²) in [7, 11) is -3.65. The molecule has 4 nitrogen and oxygen atoms in total. The number of hydrogen-bond acceptors (Lipinski definition) is 3. The molecule has 0 aliphatic rings. The largest absolute Gasteiger partial charge is 0.243 e. The maximum atomic E-state index is 12.2. The van der Waals surface area contributed by atoms with Crippen LogP contribution in [0.25, 0.3) is 0 Å². The molecule has 1 atom stereocenters. The molecule has 0 aliphatic heterocycles. The molecule has 0 amide bonds. The predicted octanol–water partition coefficient (Wildman–Crippen LogP) is 3.43. The monoisotopic (exact) mass is 330 g/mol. The highest BCUT2D eigenvalue weighted by Gasteiger charge is 2.18. The predicted molar refractivity (Wildman–Crippen MR) is 79.4 cm³/mol. The maximum Gasteiger partial charge on any atom is 0.242 e. The third-order valence-electron chi connectivity index (χ3n) is 2.69. The van der Waals surface area contributed by atoms with Gasteiger partial charge in [-0.3, -0.25) is 0 Å². The van der Waals surface area contributed by atoms with Crippen molar-refractivity contribution in [2.45, 2.75) is 17.9 Å². The Morgan fingerprint density at radius 2 is 1.95 bits per heavy atom. The third-order valence-corrected chi connectivity index (χ3v) is 4.68. The fourth-order valence-electron chi connectivity index (χ4n) is 1.67. The summed E-state index contributed by atoms with van der Waals surface area (Å²) in [6, 6.07) is 9.45. The Hall–Kier alpha value is -1.14. The summed E-state index contributed by atoms with van der Waals surface area (Å²) in [5.74, 6) is 0. The number of benzene rings is 1. The lowest BCUT2D eigenvalue weighted by Gasteiger charge is -2.14. The van der Waals surface area contributed by atoms with Crippen LogP contribution in [0.1, 0.15) is 18.5 Å². The molecule has 0 radical (unpaired) electrons. The highest BCUT2D eigenvalue weighted by molar-refractivity contribution is 7.89. The summed E-state index contributed by atoms with van der Waals surface area (Å²) in [4.78, 5) is 3.83. The highest BCUT2D eigenvalue weighted by atomic mass is 35.5. The van der Waals surface area contributed by atoms with Gasteiger partial charge >= 0.3 is 0 Å². The van der Waals surface area contributed by atoms with Crippen molar-refractivity contribution in [3.8, 4) is 0 Å². The van der Waals surface area contributed by atoms with Crippen molar-refractivity contribution in [3.63, 3.8) is 0 Å². The lowest BCUT2D eigenvalue weighted by Crippen LogP contribution is -2.27. The summed E-state index contributed by atoms with van der Waals surface area (Å²) >= 11 is 11.5. The molecule has 0 fully saturated rings. The smallest absolute Gasteiger partial charge is 0.242 e. The quantitative estimate of drug-likeness (QED) is 0.873. The Balaban J connectivity index is 2.22. The zero-order valence-corrected chi connectivity index (χ0v) is 12.9. The molecule has 7 heteroatoms. The van der Waals surface area contributed by atoms with E-state index in [-0.39, 0.29) is 10.0 Å². The second kappa shape index (κ2) is 6.10. The van der Waals surface area contributed by atoms with Crippen molar-refractivity contribution in [2.75, 3.05) is 0 Å². The second-order valence-electron chi connectivity index (χ2n) is 4.21. The summed E-state index contributed by atoms with van der Waals surface area (Å²) < 4.78 is 26.9. The highest BCUT2D eigenvalue weighted by Crippen LogP contribution is 2.20. The van der Waals surface area contributed by atoms with Gasteiger partial charge in [-0.05, 0) is 36.8 Å². The van der Waals surface area contributed by atoms with Crippen LogP contribution in [-0.4, -0.2) is 13.4 Å². The average Bonchev–Trinajstić information content (AvgIpc) is 2.38. The SMILES string of the molecule is CC(NS(=O)(=O)c1ccc(Cl)nc1)c1cccc(Cl)c1. The number of pyridine rings is 1. The Labute approximate surface area is 127 Å². The van der Waals surface area contributed by atoms with Gasteiger partial charge in [-0.1, -0.05) is 35.3 Å². The van der Waals surface area contributed by atoms with E-state index in [4.69, 9.17) is 23.2 Å². The van der Waals surface area contributed by atoms with Crippen molar-refractivity contribution in [2.24, 2.45) is 0 Å². The Kier molecular flexibility index (Phi) is 4.65. The molecule has 0 saturated carbocycles. The van der Waals surface area contributed by atoms with Crippen LogP contribution in [0.15, 0.2) is 47.5 Å². The first-order valence-corrected chi connectivity index (χ1v) is 8.02. The molecule has 1 unspecified atom stereocenters. The average molecular weight is 331 g/mol. The summed E-state index contributed by atoms with van der Waals surface area (Å²) in [6.07, 6.45) is 1.22. The lowest BCUT2D eigenvalue weighted by molar-refractivity contribution is 0.566. The first kappa shape index (κ1) is 15.3. The second-order valence-corrected chi connectivity index (χ2v) is 6.75. The number of sulfonamides is 1. The summed E-state index contributed by atoms with van der Waals surface area (Å²) in [5.41, 5.74) is 0.781. The Bertz CT molecular complexity index is 703. The van der Waals surface area contributed by atoms with Gasteiger partial charge in [0.1, 0.15) is 10.0 Å². The van der Waals surface area contributed by atoms with Gasteiger partial charge in [-0.15, -0.1) is 0 Å². The molecule has 0 spiro atoms. The van der Waals surface area contributed by atoms with Crippen LogP contribution in [0.2, 0.25) is 10.2 Å². The molecule has 2 rings (SSSR count). The molecular formula is C13H12Cl2N2O2S. The van der Waals surface area contributed by atoms with E-state index in [2.05, 4.69) is 9.71 Å². The molecule has 1 aromatic carbocycles. The van der Waals surface area contributed by atoms with Gasteiger partial charge in [-0.2, -0.15) is 0 Å². The molecule has 1 heterocycles. The Morgan fingerprint density at radius 3 is 2.55 bits per heavy atom. The molecule has 106 valence electrons. The normalized spacial score (nSPS) is 13.2. The number of aromatic nitrogens is 1. The minimum Gasteiger partial charge on any atom is -0.243 e. The lowest BCUT2D eigenvalue weighted by atomic mass is 10.1. The van der Waals surface area contributed by atoms with Crippen LogP contribution in [0, 0.1) is 0 Å². The number of nitrogens with zero attached hydrogens (tertiary/aromatic N) is 1. The number of hydrogen-bond donors (Lipinski definition) is 1. The van der Waals surface area contributed by atoms with Gasteiger partial charge in [0.15, 0.2) is 0 Å². The van der Waals surface area contributed by atoms with Gasteiger partial charge < -0.3 is 0 Å². The Morgan fingerprint density at radius 1 is 1.20 bits per heavy atom. The van der Waals surface area contributed by atoms with Crippen molar-refractivity contribution >= 4 is 33.2 Å². The number of halogens is 2. The molecule has 2 aromatic rings. The van der Waals surface area contributed by atoms with E-state index in [1.165, 1.54) is 18.3 Å². The van der Waals surface area contributed by atoms with Crippen LogP contribution in [-0.2, 0) is 10.0 Å². The summed E-state index contributed by atoms with van der Waals surface area (Å²) in [5, 5.41) is 0.800. The van der Waals surface area contributed by atoms with Crippen molar-refractivity contribution < 1.29 is 8.42 Å². The zero-order valence-electron chi connectivity index (χ0n) is 10.5. The fourth-order valence-corrected chi connectivity index (χ4v) is 3.15. The van der Waals surface area contributed by atoms with Crippen molar-refractivity contribution in [1.29, 1.82) is 0 Å². The molecule has 1 N–H and O–H groups in total. The van der Waals surface area contributed by atoms with E-state index in [0.717, 1.165) is 5.56 Å². The zero-order chi connectivity index (χ0) is 14.8. The van der Waals surface area contributed by atoms with Crippen LogP contribution < -0.4 is 4.72 Å². The van der Waals surface area contributed by atoms with E-state index < -0.39 is 16.1 Å². The van der Waals surface area contributed by atoms with E-state index >= 15 is 0 Å². The van der Waals surface area contributed by atoms with Crippen LogP contribution >= 0.6 is 23.2 Å². The van der Waals surface area contributed by atoms with Crippen molar-refractivity contribution in [1.82, 2.24) is 9.71 Å². The van der Waals surface area contributed by atoms with Gasteiger partial charge in [0.05, 0.1) is 0 Å². The number of nitrogens with one attached hydrogen (secondary N) is 1. The van der Waals surface area contributed by atoms with Gasteiger partial charge in [0, 0.05) is 17.3 Å². The molecule has 0 aliphatic carbocycles. The first-order chi connectivity index (χ1) is 9.38. The standard InChI is InChI=1S/C13H12Cl2N2O2S/c1-9(10-3-2-4-11(14)7-10)17-20(18,19)12-5-6-13(15)16-8-12/h2-9,17H,1H3. The van der Waals surface area contributed by atoms with Gasteiger partial charge in [0.25, 0.3) is 0 Å². The van der Waals surface area contributed by atoms with Gasteiger partial charge in [-0.25, -0.2) is 18.1 Å². The van der Waals surface area contributed by atoms with Crippen LogP contribution in [0.5, 0.6) is 0 Å². The molecular weight excluding hydrogens is 319 g/mol.